The molecule has 0 amide bonds. The van der Waals surface area contributed by atoms with E-state index in [0.717, 1.165) is 40.6 Å². The van der Waals surface area contributed by atoms with E-state index in [-0.39, 0.29) is 4.75 Å². The van der Waals surface area contributed by atoms with Crippen molar-refractivity contribution in [3.05, 3.63) is 88.2 Å². The van der Waals surface area contributed by atoms with E-state index >= 15 is 0 Å². The molecule has 0 radical (unpaired) electrons. The highest BCUT2D eigenvalue weighted by atomic mass is 35.5. The van der Waals surface area contributed by atoms with E-state index in [4.69, 9.17) is 11.6 Å². The van der Waals surface area contributed by atoms with E-state index in [9.17, 15) is 9.90 Å². The van der Waals surface area contributed by atoms with Crippen LogP contribution in [-0.4, -0.2) is 25.8 Å². The van der Waals surface area contributed by atoms with Crippen LogP contribution in [0.4, 0.5) is 0 Å². The molecule has 2 N–H and O–H groups in total. The molecule has 0 saturated heterocycles. The fourth-order valence-electron chi connectivity index (χ4n) is 3.28. The van der Waals surface area contributed by atoms with Gasteiger partial charge in [0.25, 0.3) is 0 Å². The number of imidazole rings is 1. The van der Waals surface area contributed by atoms with Gasteiger partial charge in [0.05, 0.1) is 11.9 Å². The summed E-state index contributed by atoms with van der Waals surface area (Å²) in [7, 11) is 0. The number of aliphatic carboxylic acids is 1. The monoisotopic (exact) mass is 424 g/mol. The van der Waals surface area contributed by atoms with Crippen LogP contribution in [0.2, 0.25) is 5.02 Å². The van der Waals surface area contributed by atoms with Crippen molar-refractivity contribution in [2.45, 2.75) is 35.6 Å². The maximum absolute atomic E-state index is 11.7. The number of thioether (sulfide) groups is 1. The molecule has 1 aliphatic carbocycles. The van der Waals surface area contributed by atoms with Crippen molar-refractivity contribution in [1.29, 1.82) is 0 Å². The Labute approximate surface area is 179 Å². The molecular formula is C23H21ClN2O2S. The molecule has 0 atom stereocenters. The van der Waals surface area contributed by atoms with Gasteiger partial charge < -0.3 is 10.1 Å². The third-order valence-corrected chi connectivity index (χ3v) is 6.76. The van der Waals surface area contributed by atoms with Crippen LogP contribution in [0.3, 0.4) is 0 Å². The summed E-state index contributed by atoms with van der Waals surface area (Å²) in [5.41, 5.74) is 3.15. The van der Waals surface area contributed by atoms with Gasteiger partial charge in [-0.15, -0.1) is 0 Å². The highest BCUT2D eigenvalue weighted by Gasteiger charge is 2.44. The lowest BCUT2D eigenvalue weighted by molar-refractivity contribution is -0.132. The highest BCUT2D eigenvalue weighted by Crippen LogP contribution is 2.53. The molecule has 6 heteroatoms. The summed E-state index contributed by atoms with van der Waals surface area (Å²) in [6.07, 6.45) is 6.86. The van der Waals surface area contributed by atoms with Gasteiger partial charge in [-0.2, -0.15) is 0 Å². The molecule has 0 bridgehead atoms. The lowest BCUT2D eigenvalue weighted by atomic mass is 10.0. The second-order valence-corrected chi connectivity index (χ2v) is 9.20. The Morgan fingerprint density at radius 1 is 1.17 bits per heavy atom. The van der Waals surface area contributed by atoms with Crippen molar-refractivity contribution in [1.82, 2.24) is 9.97 Å². The smallest absolute Gasteiger partial charge is 0.331 e. The van der Waals surface area contributed by atoms with E-state index in [1.807, 2.05) is 48.5 Å². The Balaban J connectivity index is 1.47. The summed E-state index contributed by atoms with van der Waals surface area (Å²) >= 11 is 8.04. The molecule has 29 heavy (non-hydrogen) atoms. The van der Waals surface area contributed by atoms with Gasteiger partial charge in [-0.05, 0) is 42.5 Å². The molecule has 0 unspecified atom stereocenters. The van der Waals surface area contributed by atoms with Crippen LogP contribution >= 0.6 is 23.4 Å². The molecule has 1 saturated carbocycles. The quantitative estimate of drug-likeness (QED) is 0.459. The maximum Gasteiger partial charge on any atom is 0.331 e. The molecule has 4 nitrogen and oxygen atoms in total. The number of aromatic nitrogens is 2. The molecule has 2 aromatic carbocycles. The second-order valence-electron chi connectivity index (χ2n) is 7.33. The summed E-state index contributed by atoms with van der Waals surface area (Å²) in [6.45, 7) is 0. The van der Waals surface area contributed by atoms with Crippen molar-refractivity contribution >= 4 is 35.4 Å². The number of H-pyrrole nitrogens is 1. The first-order valence-corrected chi connectivity index (χ1v) is 10.7. The molecule has 1 aliphatic rings. The van der Waals surface area contributed by atoms with Gasteiger partial charge in [0.1, 0.15) is 0 Å². The Morgan fingerprint density at radius 3 is 2.59 bits per heavy atom. The van der Waals surface area contributed by atoms with E-state index in [1.54, 1.807) is 24.0 Å². The van der Waals surface area contributed by atoms with Gasteiger partial charge in [-0.1, -0.05) is 71.9 Å². The predicted molar refractivity (Wildman–Crippen MR) is 117 cm³/mol. The number of carbonyl (C=O) groups is 1. The van der Waals surface area contributed by atoms with E-state index in [1.165, 1.54) is 0 Å². The molecule has 3 aromatic rings. The topological polar surface area (TPSA) is 66.0 Å². The molecule has 4 rings (SSSR count). The molecule has 148 valence electrons. The number of carboxylic acid groups (broad SMARTS) is 1. The van der Waals surface area contributed by atoms with Gasteiger partial charge >= 0.3 is 5.97 Å². The number of nitrogens with one attached hydrogen (secondary N) is 1. The summed E-state index contributed by atoms with van der Waals surface area (Å²) in [4.78, 5) is 19.4. The highest BCUT2D eigenvalue weighted by molar-refractivity contribution is 8.00. The minimum Gasteiger partial charge on any atom is -0.478 e. The maximum atomic E-state index is 11.7. The van der Waals surface area contributed by atoms with Gasteiger partial charge in [0, 0.05) is 21.8 Å². The van der Waals surface area contributed by atoms with E-state index in [0.29, 0.717) is 17.7 Å². The van der Waals surface area contributed by atoms with E-state index < -0.39 is 5.97 Å². The average molecular weight is 425 g/mol. The first-order chi connectivity index (χ1) is 14.0. The van der Waals surface area contributed by atoms with Gasteiger partial charge in [0.15, 0.2) is 5.16 Å². The normalized spacial score (nSPS) is 15.3. The third kappa shape index (κ3) is 5.11. The number of carboxylic acids is 1. The zero-order valence-electron chi connectivity index (χ0n) is 15.8. The minimum atomic E-state index is -0.921. The second kappa shape index (κ2) is 8.47. The Bertz CT molecular complexity index is 1040. The molecule has 0 spiro atoms. The number of hydrogen-bond donors (Lipinski definition) is 2. The first kappa shape index (κ1) is 19.8. The zero-order valence-corrected chi connectivity index (χ0v) is 17.3. The number of aromatic amines is 1. The number of hydrogen-bond acceptors (Lipinski definition) is 3. The molecule has 0 aliphatic heterocycles. The molecule has 1 aromatic heterocycles. The summed E-state index contributed by atoms with van der Waals surface area (Å²) in [6, 6.07) is 17.5. The Hall–Kier alpha value is -2.50. The predicted octanol–water partition coefficient (Wildman–Crippen LogP) is 5.64. The summed E-state index contributed by atoms with van der Waals surface area (Å²) < 4.78 is 0.115. The van der Waals surface area contributed by atoms with E-state index in [2.05, 4.69) is 16.0 Å². The van der Waals surface area contributed by atoms with Crippen LogP contribution in [0.15, 0.2) is 71.5 Å². The van der Waals surface area contributed by atoms with Crippen LogP contribution < -0.4 is 0 Å². The van der Waals surface area contributed by atoms with Crippen LogP contribution in [0.5, 0.6) is 0 Å². The lowest BCUT2D eigenvalue weighted by Gasteiger charge is -2.14. The Kier molecular flexibility index (Phi) is 5.79. The van der Waals surface area contributed by atoms with Gasteiger partial charge in [0.2, 0.25) is 0 Å². The van der Waals surface area contributed by atoms with Crippen LogP contribution in [0, 0.1) is 0 Å². The molecule has 1 fully saturated rings. The molecule has 1 heterocycles. The molecular weight excluding hydrogens is 404 g/mol. The fourth-order valence-corrected chi connectivity index (χ4v) is 4.70. The number of nitrogens with zero attached hydrogens (tertiary/aromatic N) is 1. The number of halogens is 1. The third-order valence-electron chi connectivity index (χ3n) is 5.01. The van der Waals surface area contributed by atoms with Gasteiger partial charge in [-0.25, -0.2) is 9.78 Å². The largest absolute Gasteiger partial charge is 0.478 e. The van der Waals surface area contributed by atoms with Crippen LogP contribution in [0.25, 0.3) is 6.08 Å². The standard InChI is InChI=1S/C23H21ClN2O2S/c24-20-9-5-4-8-17(20)14-23(10-11-23)29-22-25-15-19(26-22)13-18(21(27)28)12-16-6-2-1-3-7-16/h1-9,13,15H,10-12,14H2,(H,25,26)(H,27,28). The average Bonchev–Trinajstić information content (AvgIpc) is 3.32. The number of benzene rings is 2. The van der Waals surface area contributed by atoms with Crippen molar-refractivity contribution < 1.29 is 9.90 Å². The first-order valence-electron chi connectivity index (χ1n) is 9.48. The summed E-state index contributed by atoms with van der Waals surface area (Å²) in [5.74, 6) is -0.921. The SMILES string of the molecule is O=C(O)C(=Cc1cnc(SC2(Cc3ccccc3Cl)CC2)[nH]1)Cc1ccccc1. The van der Waals surface area contributed by atoms with Crippen molar-refractivity contribution in [2.24, 2.45) is 0 Å². The fraction of sp³-hybridized carbons (Fsp3) is 0.217. The zero-order chi connectivity index (χ0) is 20.3. The van der Waals surface area contributed by atoms with Crippen molar-refractivity contribution in [3.8, 4) is 0 Å². The number of rotatable bonds is 8. The van der Waals surface area contributed by atoms with Gasteiger partial charge in [-0.3, -0.25) is 0 Å². The van der Waals surface area contributed by atoms with Crippen LogP contribution in [-0.2, 0) is 17.6 Å². The van der Waals surface area contributed by atoms with Crippen LogP contribution in [0.1, 0.15) is 29.7 Å². The Morgan fingerprint density at radius 2 is 1.90 bits per heavy atom. The van der Waals surface area contributed by atoms with Crippen molar-refractivity contribution in [2.75, 3.05) is 0 Å². The minimum absolute atomic E-state index is 0.115. The summed E-state index contributed by atoms with van der Waals surface area (Å²) in [5, 5.41) is 11.2. The lowest BCUT2D eigenvalue weighted by Crippen LogP contribution is -2.08. The van der Waals surface area contributed by atoms with Crippen molar-refractivity contribution in [3.63, 3.8) is 0 Å².